The summed E-state index contributed by atoms with van der Waals surface area (Å²) in [5.41, 5.74) is 1.70. The zero-order valence-electron chi connectivity index (χ0n) is 13.6. The van der Waals surface area contributed by atoms with Crippen LogP contribution in [0.25, 0.3) is 0 Å². The van der Waals surface area contributed by atoms with Gasteiger partial charge < -0.3 is 9.47 Å². The summed E-state index contributed by atoms with van der Waals surface area (Å²) in [6.45, 7) is 1.89. The molecule has 0 spiro atoms. The van der Waals surface area contributed by atoms with Crippen molar-refractivity contribution >= 4 is 27.3 Å². The van der Waals surface area contributed by atoms with Crippen molar-refractivity contribution in [3.8, 4) is 11.5 Å². The molecule has 0 N–H and O–H groups in total. The molecule has 24 heavy (non-hydrogen) atoms. The summed E-state index contributed by atoms with van der Waals surface area (Å²) in [6, 6.07) is 10.2. The number of hydrogen-bond donors (Lipinski definition) is 0. The number of para-hydroxylation sites is 1. The van der Waals surface area contributed by atoms with Crippen LogP contribution in [-0.4, -0.2) is 28.7 Å². The van der Waals surface area contributed by atoms with Gasteiger partial charge in [0.1, 0.15) is 16.4 Å². The SMILES string of the molecule is COc1cc(S(=O)(=O)N2c3ccccc3C[C@@H]2C)c(OC)cc1Cl. The first-order valence-corrected chi connectivity index (χ1v) is 9.25. The second-order valence-electron chi connectivity index (χ2n) is 5.62. The Hall–Kier alpha value is -1.92. The minimum atomic E-state index is -3.82. The Labute approximate surface area is 146 Å². The minimum absolute atomic E-state index is 0.0369. The van der Waals surface area contributed by atoms with Crippen molar-refractivity contribution in [2.75, 3.05) is 18.5 Å². The molecule has 0 unspecified atom stereocenters. The highest BCUT2D eigenvalue weighted by atomic mass is 35.5. The quantitative estimate of drug-likeness (QED) is 0.830. The molecule has 128 valence electrons. The Bertz CT molecular complexity index is 882. The van der Waals surface area contributed by atoms with Crippen LogP contribution in [0.1, 0.15) is 12.5 Å². The van der Waals surface area contributed by atoms with E-state index in [-0.39, 0.29) is 22.4 Å². The molecule has 0 radical (unpaired) electrons. The number of ether oxygens (including phenoxy) is 2. The monoisotopic (exact) mass is 367 g/mol. The molecule has 0 saturated carbocycles. The molecule has 0 saturated heterocycles. The van der Waals surface area contributed by atoms with Crippen LogP contribution >= 0.6 is 11.6 Å². The van der Waals surface area contributed by atoms with E-state index in [4.69, 9.17) is 21.1 Å². The Morgan fingerprint density at radius 3 is 2.46 bits per heavy atom. The second kappa shape index (κ2) is 6.18. The summed E-state index contributed by atoms with van der Waals surface area (Å²) in [5, 5.41) is 0.295. The fourth-order valence-corrected chi connectivity index (χ4v) is 5.12. The number of benzene rings is 2. The van der Waals surface area contributed by atoms with Gasteiger partial charge in [-0.1, -0.05) is 29.8 Å². The van der Waals surface area contributed by atoms with Gasteiger partial charge in [-0.25, -0.2) is 8.42 Å². The smallest absolute Gasteiger partial charge is 0.268 e. The van der Waals surface area contributed by atoms with E-state index in [1.54, 1.807) is 0 Å². The van der Waals surface area contributed by atoms with E-state index in [0.29, 0.717) is 17.1 Å². The van der Waals surface area contributed by atoms with Crippen LogP contribution in [0.5, 0.6) is 11.5 Å². The minimum Gasteiger partial charge on any atom is -0.495 e. The molecule has 3 rings (SSSR count). The molecule has 0 fully saturated rings. The van der Waals surface area contributed by atoms with Crippen LogP contribution < -0.4 is 13.8 Å². The van der Waals surface area contributed by atoms with E-state index >= 15 is 0 Å². The number of nitrogens with zero attached hydrogens (tertiary/aromatic N) is 1. The first-order valence-electron chi connectivity index (χ1n) is 7.44. The van der Waals surface area contributed by atoms with Crippen LogP contribution in [0, 0.1) is 0 Å². The highest BCUT2D eigenvalue weighted by Crippen LogP contribution is 2.41. The van der Waals surface area contributed by atoms with Crippen molar-refractivity contribution in [1.82, 2.24) is 0 Å². The lowest BCUT2D eigenvalue weighted by atomic mass is 10.1. The molecule has 5 nitrogen and oxygen atoms in total. The number of anilines is 1. The third kappa shape index (κ3) is 2.59. The summed E-state index contributed by atoms with van der Waals surface area (Å²) >= 11 is 6.09. The van der Waals surface area contributed by atoms with E-state index in [1.807, 2.05) is 31.2 Å². The maximum Gasteiger partial charge on any atom is 0.268 e. The van der Waals surface area contributed by atoms with Crippen molar-refractivity contribution in [2.45, 2.75) is 24.3 Å². The van der Waals surface area contributed by atoms with Gasteiger partial charge in [0, 0.05) is 18.2 Å². The lowest BCUT2D eigenvalue weighted by Crippen LogP contribution is -2.35. The standard InChI is InChI=1S/C17H18ClNO4S/c1-11-8-12-6-4-5-7-14(12)19(11)24(20,21)17-10-15(22-2)13(18)9-16(17)23-3/h4-7,9-11H,8H2,1-3H3/t11-/m0/s1. The van der Waals surface area contributed by atoms with Crippen LogP contribution in [0.4, 0.5) is 5.69 Å². The van der Waals surface area contributed by atoms with Crippen LogP contribution in [-0.2, 0) is 16.4 Å². The largest absolute Gasteiger partial charge is 0.495 e. The number of fused-ring (bicyclic) bond motifs is 1. The number of rotatable bonds is 4. The van der Waals surface area contributed by atoms with Crippen LogP contribution in [0.3, 0.4) is 0 Å². The predicted octanol–water partition coefficient (Wildman–Crippen LogP) is 3.50. The molecular weight excluding hydrogens is 350 g/mol. The van der Waals surface area contributed by atoms with Gasteiger partial charge in [-0.05, 0) is 25.0 Å². The summed E-state index contributed by atoms with van der Waals surface area (Å²) < 4.78 is 38.5. The maximum atomic E-state index is 13.3. The maximum absolute atomic E-state index is 13.3. The normalized spacial score (nSPS) is 16.8. The van der Waals surface area contributed by atoms with E-state index < -0.39 is 10.0 Å². The van der Waals surface area contributed by atoms with Gasteiger partial charge in [-0.2, -0.15) is 0 Å². The van der Waals surface area contributed by atoms with Crippen molar-refractivity contribution in [3.63, 3.8) is 0 Å². The fraction of sp³-hybridized carbons (Fsp3) is 0.294. The van der Waals surface area contributed by atoms with Crippen molar-refractivity contribution in [1.29, 1.82) is 0 Å². The first-order chi connectivity index (χ1) is 11.4. The van der Waals surface area contributed by atoms with E-state index in [2.05, 4.69) is 0 Å². The van der Waals surface area contributed by atoms with Gasteiger partial charge in [-0.15, -0.1) is 0 Å². The molecular formula is C17H18ClNO4S. The lowest BCUT2D eigenvalue weighted by molar-refractivity contribution is 0.392. The molecule has 2 aromatic carbocycles. The van der Waals surface area contributed by atoms with Crippen molar-refractivity contribution in [2.24, 2.45) is 0 Å². The first kappa shape index (κ1) is 16.9. The predicted molar refractivity (Wildman–Crippen MR) is 93.8 cm³/mol. The third-order valence-electron chi connectivity index (χ3n) is 4.12. The second-order valence-corrected chi connectivity index (χ2v) is 7.81. The third-order valence-corrected chi connectivity index (χ3v) is 6.36. The Morgan fingerprint density at radius 2 is 1.79 bits per heavy atom. The summed E-state index contributed by atoms with van der Waals surface area (Å²) in [7, 11) is -0.966. The Kier molecular flexibility index (Phi) is 4.36. The zero-order chi connectivity index (χ0) is 17.5. The molecule has 2 aromatic rings. The highest BCUT2D eigenvalue weighted by molar-refractivity contribution is 7.93. The average Bonchev–Trinajstić information content (AvgIpc) is 2.90. The van der Waals surface area contributed by atoms with Gasteiger partial charge in [0.2, 0.25) is 0 Å². The molecule has 0 amide bonds. The molecule has 0 bridgehead atoms. The summed E-state index contributed by atoms with van der Waals surface area (Å²) in [5.74, 6) is 0.480. The van der Waals surface area contributed by atoms with Gasteiger partial charge in [-0.3, -0.25) is 4.31 Å². The summed E-state index contributed by atoms with van der Waals surface area (Å²) in [6.07, 6.45) is 0.669. The molecule has 1 aliphatic heterocycles. The number of methoxy groups -OCH3 is 2. The average molecular weight is 368 g/mol. The summed E-state index contributed by atoms with van der Waals surface area (Å²) in [4.78, 5) is 0.0369. The molecule has 7 heteroatoms. The van der Waals surface area contributed by atoms with E-state index in [0.717, 1.165) is 5.56 Å². The van der Waals surface area contributed by atoms with Gasteiger partial charge >= 0.3 is 0 Å². The molecule has 1 atom stereocenters. The van der Waals surface area contributed by atoms with Gasteiger partial charge in [0.15, 0.2) is 0 Å². The zero-order valence-corrected chi connectivity index (χ0v) is 15.2. The number of sulfonamides is 1. The number of halogens is 1. The highest BCUT2D eigenvalue weighted by Gasteiger charge is 2.37. The molecule has 0 aromatic heterocycles. The van der Waals surface area contributed by atoms with E-state index in [9.17, 15) is 8.42 Å². The fourth-order valence-electron chi connectivity index (χ4n) is 3.04. The topological polar surface area (TPSA) is 55.8 Å². The molecule has 0 aliphatic carbocycles. The Morgan fingerprint density at radius 1 is 1.12 bits per heavy atom. The van der Waals surface area contributed by atoms with Crippen LogP contribution in [0.2, 0.25) is 5.02 Å². The van der Waals surface area contributed by atoms with E-state index in [1.165, 1.54) is 30.7 Å². The van der Waals surface area contributed by atoms with Gasteiger partial charge in [0.05, 0.1) is 24.9 Å². The van der Waals surface area contributed by atoms with Gasteiger partial charge in [0.25, 0.3) is 10.0 Å². The van der Waals surface area contributed by atoms with Crippen molar-refractivity contribution < 1.29 is 17.9 Å². The number of hydrogen-bond acceptors (Lipinski definition) is 4. The Balaban J connectivity index is 2.19. The lowest BCUT2D eigenvalue weighted by Gasteiger charge is -2.25. The van der Waals surface area contributed by atoms with Crippen LogP contribution in [0.15, 0.2) is 41.3 Å². The molecule has 1 heterocycles. The van der Waals surface area contributed by atoms with Crippen molar-refractivity contribution in [3.05, 3.63) is 47.0 Å². The molecule has 1 aliphatic rings.